The molecule has 3 rings (SSSR count). The molecular weight excluding hydrogens is 364 g/mol. The Hall–Kier alpha value is -2.97. The normalized spacial score (nSPS) is 11.3. The highest BCUT2D eigenvalue weighted by atomic mass is 32.2. The average molecular weight is 384 g/mol. The van der Waals surface area contributed by atoms with Gasteiger partial charge in [-0.3, -0.25) is 4.79 Å². The summed E-state index contributed by atoms with van der Waals surface area (Å²) in [6.45, 7) is 3.95. The quantitative estimate of drug-likeness (QED) is 0.683. The minimum atomic E-state index is -3.54. The number of nitrogens with one attached hydrogen (secondary N) is 2. The molecule has 2 N–H and O–H groups in total. The van der Waals surface area contributed by atoms with Crippen molar-refractivity contribution in [1.82, 2.24) is 14.5 Å². The van der Waals surface area contributed by atoms with E-state index >= 15 is 0 Å². The topological polar surface area (TPSA) is 93.1 Å². The van der Waals surface area contributed by atoms with Gasteiger partial charge in [0.15, 0.2) is 0 Å². The van der Waals surface area contributed by atoms with Crippen molar-refractivity contribution in [2.45, 2.75) is 18.7 Å². The summed E-state index contributed by atoms with van der Waals surface area (Å²) in [4.78, 5) is 12.6. The third-order valence-electron chi connectivity index (χ3n) is 3.94. The molecule has 0 atom stereocenters. The summed E-state index contributed by atoms with van der Waals surface area (Å²) in [6.07, 6.45) is 1.71. The number of hydrogen-bond acceptors (Lipinski definition) is 4. The van der Waals surface area contributed by atoms with Crippen molar-refractivity contribution in [1.29, 1.82) is 0 Å². The number of rotatable bonds is 6. The highest BCUT2D eigenvalue weighted by molar-refractivity contribution is 7.89. The zero-order valence-electron chi connectivity index (χ0n) is 15.0. The van der Waals surface area contributed by atoms with E-state index in [1.165, 1.54) is 24.3 Å². The molecule has 7 nitrogen and oxygen atoms in total. The fourth-order valence-electron chi connectivity index (χ4n) is 2.62. The third-order valence-corrected chi connectivity index (χ3v) is 5.50. The summed E-state index contributed by atoms with van der Waals surface area (Å²) in [5, 5.41) is 7.07. The van der Waals surface area contributed by atoms with Gasteiger partial charge >= 0.3 is 0 Å². The number of amides is 1. The number of nitrogens with zero attached hydrogens (tertiary/aromatic N) is 2. The van der Waals surface area contributed by atoms with Gasteiger partial charge in [-0.2, -0.15) is 5.10 Å². The van der Waals surface area contributed by atoms with Crippen molar-refractivity contribution in [3.05, 3.63) is 72.1 Å². The van der Waals surface area contributed by atoms with Crippen LogP contribution in [0.1, 0.15) is 23.0 Å². The van der Waals surface area contributed by atoms with E-state index in [2.05, 4.69) is 15.1 Å². The Morgan fingerprint density at radius 2 is 1.85 bits per heavy atom. The van der Waals surface area contributed by atoms with E-state index in [4.69, 9.17) is 0 Å². The van der Waals surface area contributed by atoms with Gasteiger partial charge in [-0.1, -0.05) is 13.0 Å². The summed E-state index contributed by atoms with van der Waals surface area (Å²) >= 11 is 0. The maximum atomic E-state index is 12.5. The lowest BCUT2D eigenvalue weighted by atomic mass is 10.2. The Labute approximate surface area is 158 Å². The molecule has 0 aliphatic heterocycles. The minimum absolute atomic E-state index is 0.122. The van der Waals surface area contributed by atoms with Crippen LogP contribution < -0.4 is 10.0 Å². The number of hydrogen-bond donors (Lipinski definition) is 2. The summed E-state index contributed by atoms with van der Waals surface area (Å²) < 4.78 is 28.1. The fraction of sp³-hybridized carbons (Fsp3) is 0.158. The predicted molar refractivity (Wildman–Crippen MR) is 104 cm³/mol. The van der Waals surface area contributed by atoms with Crippen molar-refractivity contribution in [3.63, 3.8) is 0 Å². The molecule has 1 aromatic heterocycles. The smallest absolute Gasteiger partial charge is 0.255 e. The van der Waals surface area contributed by atoms with Crippen LogP contribution in [0.25, 0.3) is 5.69 Å². The molecule has 0 fully saturated rings. The van der Waals surface area contributed by atoms with Gasteiger partial charge in [0.05, 0.1) is 10.6 Å². The first-order valence-electron chi connectivity index (χ1n) is 8.43. The molecule has 3 aromatic rings. The lowest BCUT2D eigenvalue weighted by molar-refractivity contribution is 0.102. The zero-order valence-corrected chi connectivity index (χ0v) is 15.8. The molecule has 0 saturated carbocycles. The molecule has 140 valence electrons. The molecule has 1 heterocycles. The lowest BCUT2D eigenvalue weighted by Gasteiger charge is -2.09. The summed E-state index contributed by atoms with van der Waals surface area (Å²) in [5.41, 5.74) is 2.81. The standard InChI is InChI=1S/C19H20N4O3S/c1-3-21-27(25,26)18-9-7-15(8-10-18)19(24)22-16-5-4-6-17(13-16)23-14(2)11-12-20-23/h4-13,21H,3H2,1-2H3,(H,22,24). The van der Waals surface area contributed by atoms with E-state index in [9.17, 15) is 13.2 Å². The second kappa shape index (κ2) is 7.73. The Morgan fingerprint density at radius 3 is 2.48 bits per heavy atom. The van der Waals surface area contributed by atoms with Crippen LogP contribution in [0, 0.1) is 6.92 Å². The molecule has 0 radical (unpaired) electrons. The van der Waals surface area contributed by atoms with E-state index < -0.39 is 10.0 Å². The van der Waals surface area contributed by atoms with Gasteiger partial charge in [-0.15, -0.1) is 0 Å². The summed E-state index contributed by atoms with van der Waals surface area (Å²) in [5.74, 6) is -0.322. The van der Waals surface area contributed by atoms with Crippen molar-refractivity contribution >= 4 is 21.6 Å². The van der Waals surface area contributed by atoms with Crippen LogP contribution in [0.2, 0.25) is 0 Å². The molecule has 0 unspecified atom stereocenters. The Balaban J connectivity index is 1.77. The van der Waals surface area contributed by atoms with Gasteiger partial charge in [-0.05, 0) is 55.5 Å². The van der Waals surface area contributed by atoms with Crippen LogP contribution in [0.3, 0.4) is 0 Å². The van der Waals surface area contributed by atoms with Crippen LogP contribution in [-0.4, -0.2) is 30.7 Å². The first-order chi connectivity index (χ1) is 12.9. The minimum Gasteiger partial charge on any atom is -0.322 e. The van der Waals surface area contributed by atoms with Crippen molar-refractivity contribution in [2.24, 2.45) is 0 Å². The molecular formula is C19H20N4O3S. The second-order valence-corrected chi connectivity index (χ2v) is 7.68. The van der Waals surface area contributed by atoms with Crippen LogP contribution in [0.5, 0.6) is 0 Å². The molecule has 8 heteroatoms. The maximum Gasteiger partial charge on any atom is 0.255 e. The van der Waals surface area contributed by atoms with Gasteiger partial charge in [0, 0.05) is 29.7 Å². The molecule has 0 bridgehead atoms. The number of anilines is 1. The summed E-state index contributed by atoms with van der Waals surface area (Å²) in [6, 6.07) is 15.0. The van der Waals surface area contributed by atoms with E-state index in [1.54, 1.807) is 23.9 Å². The molecule has 2 aromatic carbocycles. The van der Waals surface area contributed by atoms with E-state index in [-0.39, 0.29) is 10.8 Å². The number of aryl methyl sites for hydroxylation is 1. The lowest BCUT2D eigenvalue weighted by Crippen LogP contribution is -2.23. The summed E-state index contributed by atoms with van der Waals surface area (Å²) in [7, 11) is -3.54. The van der Waals surface area contributed by atoms with Gasteiger partial charge in [0.25, 0.3) is 5.91 Å². The van der Waals surface area contributed by atoms with Crippen LogP contribution in [0.4, 0.5) is 5.69 Å². The van der Waals surface area contributed by atoms with E-state index in [0.29, 0.717) is 17.8 Å². The fourth-order valence-corrected chi connectivity index (χ4v) is 3.66. The molecule has 27 heavy (non-hydrogen) atoms. The first kappa shape index (κ1) is 18.8. The first-order valence-corrected chi connectivity index (χ1v) is 9.91. The molecule has 1 amide bonds. The van der Waals surface area contributed by atoms with E-state index in [1.807, 2.05) is 31.2 Å². The van der Waals surface area contributed by atoms with Gasteiger partial charge in [0.1, 0.15) is 0 Å². The van der Waals surface area contributed by atoms with E-state index in [0.717, 1.165) is 11.4 Å². The Kier molecular flexibility index (Phi) is 5.38. The Bertz CT molecular complexity index is 1060. The highest BCUT2D eigenvalue weighted by Crippen LogP contribution is 2.17. The predicted octanol–water partition coefficient (Wildman–Crippen LogP) is 2.73. The highest BCUT2D eigenvalue weighted by Gasteiger charge is 2.14. The number of carbonyl (C=O) groups is 1. The molecule has 0 spiro atoms. The molecule has 0 saturated heterocycles. The number of benzene rings is 2. The monoisotopic (exact) mass is 384 g/mol. The molecule has 0 aliphatic rings. The average Bonchev–Trinajstić information content (AvgIpc) is 3.08. The zero-order chi connectivity index (χ0) is 19.4. The SMILES string of the molecule is CCNS(=O)(=O)c1ccc(C(=O)Nc2cccc(-n3nccc3C)c2)cc1. The number of carbonyl (C=O) groups excluding carboxylic acids is 1. The van der Waals surface area contributed by atoms with Gasteiger partial charge in [-0.25, -0.2) is 17.8 Å². The van der Waals surface area contributed by atoms with Crippen molar-refractivity contribution in [2.75, 3.05) is 11.9 Å². The van der Waals surface area contributed by atoms with Gasteiger partial charge in [0.2, 0.25) is 10.0 Å². The number of sulfonamides is 1. The van der Waals surface area contributed by atoms with Crippen LogP contribution >= 0.6 is 0 Å². The second-order valence-electron chi connectivity index (χ2n) is 5.91. The van der Waals surface area contributed by atoms with Crippen LogP contribution in [0.15, 0.2) is 65.7 Å². The largest absolute Gasteiger partial charge is 0.322 e. The maximum absolute atomic E-state index is 12.5. The third kappa shape index (κ3) is 4.24. The van der Waals surface area contributed by atoms with Crippen LogP contribution in [-0.2, 0) is 10.0 Å². The Morgan fingerprint density at radius 1 is 1.11 bits per heavy atom. The van der Waals surface area contributed by atoms with Crippen molar-refractivity contribution < 1.29 is 13.2 Å². The van der Waals surface area contributed by atoms with Gasteiger partial charge < -0.3 is 5.32 Å². The molecule has 0 aliphatic carbocycles. The van der Waals surface area contributed by atoms with Crippen molar-refractivity contribution in [3.8, 4) is 5.69 Å². The number of aromatic nitrogens is 2.